The van der Waals surface area contributed by atoms with Gasteiger partial charge in [-0.2, -0.15) is 0 Å². The third-order valence-electron chi connectivity index (χ3n) is 1.89. The molecule has 0 aliphatic carbocycles. The summed E-state index contributed by atoms with van der Waals surface area (Å²) in [6.07, 6.45) is 1.42. The Kier molecular flexibility index (Phi) is 3.38. The predicted molar refractivity (Wildman–Crippen MR) is 53.5 cm³/mol. The highest BCUT2D eigenvalue weighted by atomic mass is 16.4. The Labute approximate surface area is 87.1 Å². The maximum absolute atomic E-state index is 11.5. The van der Waals surface area contributed by atoms with Crippen molar-refractivity contribution >= 4 is 11.9 Å². The van der Waals surface area contributed by atoms with E-state index < -0.39 is 17.9 Å². The van der Waals surface area contributed by atoms with E-state index in [9.17, 15) is 9.59 Å². The van der Waals surface area contributed by atoms with Crippen LogP contribution in [0.5, 0.6) is 0 Å². The quantitative estimate of drug-likeness (QED) is 0.762. The van der Waals surface area contributed by atoms with Gasteiger partial charge in [0, 0.05) is 11.9 Å². The second kappa shape index (κ2) is 4.54. The van der Waals surface area contributed by atoms with Crippen LogP contribution in [0.25, 0.3) is 0 Å². The van der Waals surface area contributed by atoms with Crippen LogP contribution in [-0.2, 0) is 4.79 Å². The zero-order valence-corrected chi connectivity index (χ0v) is 8.52. The third-order valence-corrected chi connectivity index (χ3v) is 1.89. The van der Waals surface area contributed by atoms with E-state index in [-0.39, 0.29) is 0 Å². The van der Waals surface area contributed by atoms with Gasteiger partial charge in [0.15, 0.2) is 0 Å². The Morgan fingerprint density at radius 2 is 2.13 bits per heavy atom. The molecule has 0 saturated carbocycles. The van der Waals surface area contributed by atoms with Crippen molar-refractivity contribution in [1.29, 1.82) is 0 Å². The Bertz CT molecular complexity index is 373. The molecule has 1 aromatic heterocycles. The van der Waals surface area contributed by atoms with Crippen molar-refractivity contribution in [2.75, 3.05) is 0 Å². The second-order valence-corrected chi connectivity index (χ2v) is 3.22. The first-order valence-electron chi connectivity index (χ1n) is 4.47. The van der Waals surface area contributed by atoms with Crippen molar-refractivity contribution in [3.05, 3.63) is 29.6 Å². The second-order valence-electron chi connectivity index (χ2n) is 3.22. The van der Waals surface area contributed by atoms with Crippen LogP contribution >= 0.6 is 0 Å². The van der Waals surface area contributed by atoms with Gasteiger partial charge in [0.05, 0.1) is 5.56 Å². The Balaban J connectivity index is 2.69. The minimum absolute atomic E-state index is 0.355. The molecular weight excluding hydrogens is 196 g/mol. The first kappa shape index (κ1) is 11.2. The van der Waals surface area contributed by atoms with Gasteiger partial charge >= 0.3 is 5.97 Å². The van der Waals surface area contributed by atoms with Crippen LogP contribution in [0.3, 0.4) is 0 Å². The average Bonchev–Trinajstić information content (AvgIpc) is 2.18. The van der Waals surface area contributed by atoms with E-state index >= 15 is 0 Å². The molecule has 1 aromatic rings. The molecule has 5 heteroatoms. The molecule has 80 valence electrons. The number of nitrogens with one attached hydrogen (secondary N) is 1. The van der Waals surface area contributed by atoms with Crippen LogP contribution in [0, 0.1) is 6.92 Å². The third kappa shape index (κ3) is 3.05. The molecule has 0 bridgehead atoms. The summed E-state index contributed by atoms with van der Waals surface area (Å²) >= 11 is 0. The number of carboxylic acids is 1. The Morgan fingerprint density at radius 1 is 1.47 bits per heavy atom. The van der Waals surface area contributed by atoms with Gasteiger partial charge in [-0.15, -0.1) is 0 Å². The molecule has 0 aliphatic heterocycles. The highest BCUT2D eigenvalue weighted by Crippen LogP contribution is 1.99. The van der Waals surface area contributed by atoms with Crippen molar-refractivity contribution in [3.8, 4) is 0 Å². The van der Waals surface area contributed by atoms with Gasteiger partial charge in [-0.25, -0.2) is 0 Å². The van der Waals surface area contributed by atoms with E-state index in [0.29, 0.717) is 5.56 Å². The van der Waals surface area contributed by atoms with Crippen molar-refractivity contribution in [2.24, 2.45) is 0 Å². The Morgan fingerprint density at radius 3 is 2.60 bits per heavy atom. The molecule has 5 nitrogen and oxygen atoms in total. The minimum atomic E-state index is -1.07. The maximum atomic E-state index is 11.5. The van der Waals surface area contributed by atoms with Crippen molar-refractivity contribution in [2.45, 2.75) is 19.9 Å². The molecule has 0 aromatic carbocycles. The van der Waals surface area contributed by atoms with E-state index in [2.05, 4.69) is 10.3 Å². The number of carbonyl (C=O) groups is 2. The predicted octanol–water partition coefficient (Wildman–Crippen LogP) is 0.593. The molecule has 0 saturated heterocycles. The molecular formula is C10H12N2O3. The summed E-state index contributed by atoms with van der Waals surface area (Å²) in [6.45, 7) is 3.21. The number of aryl methyl sites for hydroxylation is 1. The molecule has 0 fully saturated rings. The van der Waals surface area contributed by atoms with Gasteiger partial charge in [0.25, 0.3) is 5.91 Å². The molecule has 1 heterocycles. The first-order valence-corrected chi connectivity index (χ1v) is 4.47. The lowest BCUT2D eigenvalue weighted by Crippen LogP contribution is -2.38. The molecule has 1 amide bonds. The fraction of sp³-hybridized carbons (Fsp3) is 0.300. The van der Waals surface area contributed by atoms with Crippen LogP contribution in [0.15, 0.2) is 18.3 Å². The lowest BCUT2D eigenvalue weighted by atomic mass is 10.2. The summed E-state index contributed by atoms with van der Waals surface area (Å²) in [5.41, 5.74) is 1.16. The van der Waals surface area contributed by atoms with Crippen LogP contribution in [-0.4, -0.2) is 28.0 Å². The summed E-state index contributed by atoms with van der Waals surface area (Å²) in [6, 6.07) is 2.39. The topological polar surface area (TPSA) is 79.3 Å². The number of pyridine rings is 1. The number of hydrogen-bond donors (Lipinski definition) is 2. The van der Waals surface area contributed by atoms with Crippen molar-refractivity contribution in [1.82, 2.24) is 10.3 Å². The van der Waals surface area contributed by atoms with E-state index in [1.54, 1.807) is 12.1 Å². The molecule has 0 aliphatic rings. The summed E-state index contributed by atoms with van der Waals surface area (Å²) in [7, 11) is 0. The van der Waals surface area contributed by atoms with E-state index in [1.165, 1.54) is 13.1 Å². The minimum Gasteiger partial charge on any atom is -0.480 e. The molecule has 1 rings (SSSR count). The number of aliphatic carboxylic acids is 1. The zero-order chi connectivity index (χ0) is 11.4. The van der Waals surface area contributed by atoms with Gasteiger partial charge in [0.2, 0.25) is 0 Å². The number of rotatable bonds is 3. The van der Waals surface area contributed by atoms with Crippen molar-refractivity contribution < 1.29 is 14.7 Å². The van der Waals surface area contributed by atoms with Crippen LogP contribution in [0.2, 0.25) is 0 Å². The molecule has 0 radical (unpaired) electrons. The normalized spacial score (nSPS) is 11.9. The van der Waals surface area contributed by atoms with Gasteiger partial charge in [-0.05, 0) is 26.0 Å². The fourth-order valence-electron chi connectivity index (χ4n) is 0.944. The maximum Gasteiger partial charge on any atom is 0.325 e. The molecule has 0 spiro atoms. The molecule has 2 N–H and O–H groups in total. The molecule has 1 unspecified atom stereocenters. The summed E-state index contributed by atoms with van der Waals surface area (Å²) < 4.78 is 0. The van der Waals surface area contributed by atoms with Gasteiger partial charge in [-0.3, -0.25) is 14.6 Å². The SMILES string of the molecule is Cc1ccc(C(=O)NC(C)C(=O)O)cn1. The number of nitrogens with zero attached hydrogens (tertiary/aromatic N) is 1. The van der Waals surface area contributed by atoms with Crippen LogP contribution < -0.4 is 5.32 Å². The van der Waals surface area contributed by atoms with E-state index in [4.69, 9.17) is 5.11 Å². The highest BCUT2D eigenvalue weighted by Gasteiger charge is 2.14. The number of carboxylic acid groups (broad SMARTS) is 1. The van der Waals surface area contributed by atoms with Gasteiger partial charge in [-0.1, -0.05) is 0 Å². The smallest absolute Gasteiger partial charge is 0.325 e. The zero-order valence-electron chi connectivity index (χ0n) is 8.52. The number of hydrogen-bond acceptors (Lipinski definition) is 3. The van der Waals surface area contributed by atoms with E-state index in [0.717, 1.165) is 5.69 Å². The molecule has 1 atom stereocenters. The average molecular weight is 208 g/mol. The largest absolute Gasteiger partial charge is 0.480 e. The summed E-state index contributed by atoms with van der Waals surface area (Å²) in [5, 5.41) is 10.9. The number of amides is 1. The van der Waals surface area contributed by atoms with E-state index in [1.807, 2.05) is 6.92 Å². The molecule has 15 heavy (non-hydrogen) atoms. The first-order chi connectivity index (χ1) is 7.00. The lowest BCUT2D eigenvalue weighted by Gasteiger charge is -2.08. The van der Waals surface area contributed by atoms with Crippen molar-refractivity contribution in [3.63, 3.8) is 0 Å². The fourth-order valence-corrected chi connectivity index (χ4v) is 0.944. The van der Waals surface area contributed by atoms with Crippen LogP contribution in [0.1, 0.15) is 23.0 Å². The summed E-state index contributed by atoms with van der Waals surface area (Å²) in [4.78, 5) is 25.9. The number of aromatic nitrogens is 1. The highest BCUT2D eigenvalue weighted by molar-refractivity contribution is 5.96. The Hall–Kier alpha value is -1.91. The monoisotopic (exact) mass is 208 g/mol. The standard InChI is InChI=1S/C10H12N2O3/c1-6-3-4-8(5-11-6)9(13)12-7(2)10(14)15/h3-5,7H,1-2H3,(H,12,13)(H,14,15). The lowest BCUT2D eigenvalue weighted by molar-refractivity contribution is -0.138. The summed E-state index contributed by atoms with van der Waals surface area (Å²) in [5.74, 6) is -1.50. The van der Waals surface area contributed by atoms with Gasteiger partial charge in [0.1, 0.15) is 6.04 Å². The van der Waals surface area contributed by atoms with Gasteiger partial charge < -0.3 is 10.4 Å². The van der Waals surface area contributed by atoms with Crippen LogP contribution in [0.4, 0.5) is 0 Å². The number of carbonyl (C=O) groups excluding carboxylic acids is 1.